The zero-order valence-corrected chi connectivity index (χ0v) is 11.1. The van der Waals surface area contributed by atoms with Crippen LogP contribution in [0.1, 0.15) is 18.1 Å². The molecule has 2 aromatic carbocycles. The van der Waals surface area contributed by atoms with Crippen molar-refractivity contribution in [3.8, 4) is 6.07 Å². The minimum atomic E-state index is -0.242. The standard InChI is InChI=1S/C17H14N2O/c1-13(14-7-3-2-4-8-14)11-17(20)19-16-10-6-5-9-15(16)12-18/h2-11H,1H3,(H,19,20)/b13-11+. The lowest BCUT2D eigenvalue weighted by Crippen LogP contribution is -2.09. The van der Waals surface area contributed by atoms with Gasteiger partial charge in [0.25, 0.3) is 0 Å². The lowest BCUT2D eigenvalue weighted by Gasteiger charge is -2.05. The van der Waals surface area contributed by atoms with Crippen LogP contribution in [0.3, 0.4) is 0 Å². The molecule has 0 aliphatic carbocycles. The summed E-state index contributed by atoms with van der Waals surface area (Å²) in [5.74, 6) is -0.242. The van der Waals surface area contributed by atoms with Gasteiger partial charge in [-0.15, -0.1) is 0 Å². The topological polar surface area (TPSA) is 52.9 Å². The Bertz CT molecular complexity index is 682. The van der Waals surface area contributed by atoms with E-state index in [1.807, 2.05) is 37.3 Å². The number of para-hydroxylation sites is 1. The van der Waals surface area contributed by atoms with Gasteiger partial charge < -0.3 is 5.32 Å². The van der Waals surface area contributed by atoms with Crippen molar-refractivity contribution < 1.29 is 4.79 Å². The van der Waals surface area contributed by atoms with Gasteiger partial charge in [-0.1, -0.05) is 42.5 Å². The maximum atomic E-state index is 12.0. The van der Waals surface area contributed by atoms with E-state index in [2.05, 4.69) is 11.4 Å². The highest BCUT2D eigenvalue weighted by atomic mass is 16.1. The number of nitriles is 1. The molecule has 0 spiro atoms. The fourth-order valence-electron chi connectivity index (χ4n) is 1.84. The molecule has 0 saturated carbocycles. The SMILES string of the molecule is C/C(=C\C(=O)Nc1ccccc1C#N)c1ccccc1. The summed E-state index contributed by atoms with van der Waals surface area (Å²) in [4.78, 5) is 12.0. The average Bonchev–Trinajstić information content (AvgIpc) is 2.48. The second-order valence-electron chi connectivity index (χ2n) is 4.34. The highest BCUT2D eigenvalue weighted by molar-refractivity contribution is 6.04. The van der Waals surface area contributed by atoms with E-state index in [0.29, 0.717) is 11.3 Å². The Morgan fingerprint density at radius 3 is 2.45 bits per heavy atom. The van der Waals surface area contributed by atoms with Crippen LogP contribution in [0.5, 0.6) is 0 Å². The van der Waals surface area contributed by atoms with Crippen molar-refractivity contribution >= 4 is 17.2 Å². The smallest absolute Gasteiger partial charge is 0.248 e. The Labute approximate surface area is 118 Å². The normalized spacial score (nSPS) is 10.7. The molecule has 3 heteroatoms. The molecule has 0 unspecified atom stereocenters. The van der Waals surface area contributed by atoms with Gasteiger partial charge in [0.15, 0.2) is 0 Å². The second kappa shape index (κ2) is 6.35. The summed E-state index contributed by atoms with van der Waals surface area (Å²) in [6, 6.07) is 18.7. The highest BCUT2D eigenvalue weighted by Gasteiger charge is 2.04. The van der Waals surface area contributed by atoms with Crippen LogP contribution in [-0.2, 0) is 4.79 Å². The first-order chi connectivity index (χ1) is 9.70. The zero-order valence-electron chi connectivity index (χ0n) is 11.1. The van der Waals surface area contributed by atoms with E-state index in [1.54, 1.807) is 24.3 Å². The summed E-state index contributed by atoms with van der Waals surface area (Å²) >= 11 is 0. The van der Waals surface area contributed by atoms with Gasteiger partial charge in [-0.25, -0.2) is 0 Å². The van der Waals surface area contributed by atoms with Crippen molar-refractivity contribution in [2.45, 2.75) is 6.92 Å². The number of rotatable bonds is 3. The van der Waals surface area contributed by atoms with Gasteiger partial charge in [-0.05, 0) is 30.2 Å². The summed E-state index contributed by atoms with van der Waals surface area (Å²) in [6.45, 7) is 1.88. The number of anilines is 1. The van der Waals surface area contributed by atoms with Gasteiger partial charge in [-0.3, -0.25) is 4.79 Å². The molecule has 2 rings (SSSR count). The van der Waals surface area contributed by atoms with Gasteiger partial charge in [0.05, 0.1) is 11.3 Å². The third-order valence-electron chi connectivity index (χ3n) is 2.88. The molecule has 0 aliphatic rings. The Hall–Kier alpha value is -2.86. The van der Waals surface area contributed by atoms with Crippen LogP contribution in [0.15, 0.2) is 60.7 Å². The Morgan fingerprint density at radius 1 is 1.10 bits per heavy atom. The molecule has 98 valence electrons. The van der Waals surface area contributed by atoms with Crippen LogP contribution in [0, 0.1) is 11.3 Å². The number of nitrogens with one attached hydrogen (secondary N) is 1. The minimum absolute atomic E-state index is 0.242. The molecule has 0 heterocycles. The van der Waals surface area contributed by atoms with Crippen LogP contribution in [0.2, 0.25) is 0 Å². The van der Waals surface area contributed by atoms with Crippen molar-refractivity contribution in [3.05, 3.63) is 71.8 Å². The lowest BCUT2D eigenvalue weighted by atomic mass is 10.1. The van der Waals surface area contributed by atoms with Crippen molar-refractivity contribution in [2.24, 2.45) is 0 Å². The molecule has 0 fully saturated rings. The quantitative estimate of drug-likeness (QED) is 0.859. The van der Waals surface area contributed by atoms with Crippen LogP contribution < -0.4 is 5.32 Å². The monoisotopic (exact) mass is 262 g/mol. The average molecular weight is 262 g/mol. The molecular formula is C17H14N2O. The molecule has 0 aromatic heterocycles. The van der Waals surface area contributed by atoms with E-state index >= 15 is 0 Å². The van der Waals surface area contributed by atoms with Crippen molar-refractivity contribution in [3.63, 3.8) is 0 Å². The summed E-state index contributed by atoms with van der Waals surface area (Å²) in [5.41, 5.74) is 2.84. The minimum Gasteiger partial charge on any atom is -0.321 e. The number of nitrogens with zero attached hydrogens (tertiary/aromatic N) is 1. The predicted molar refractivity (Wildman–Crippen MR) is 79.9 cm³/mol. The molecule has 1 amide bonds. The van der Waals surface area contributed by atoms with E-state index in [1.165, 1.54) is 6.08 Å². The molecular weight excluding hydrogens is 248 g/mol. The summed E-state index contributed by atoms with van der Waals surface area (Å²) in [6.07, 6.45) is 1.53. The molecule has 0 aliphatic heterocycles. The third kappa shape index (κ3) is 3.33. The Kier molecular flexibility index (Phi) is 4.31. The lowest BCUT2D eigenvalue weighted by molar-refractivity contribution is -0.111. The number of allylic oxidation sites excluding steroid dienone is 1. The maximum absolute atomic E-state index is 12.0. The van der Waals surface area contributed by atoms with E-state index in [9.17, 15) is 4.79 Å². The van der Waals surface area contributed by atoms with Crippen LogP contribution >= 0.6 is 0 Å². The number of benzene rings is 2. The Balaban J connectivity index is 2.15. The van der Waals surface area contributed by atoms with Crippen LogP contribution in [0.4, 0.5) is 5.69 Å². The van der Waals surface area contributed by atoms with Crippen LogP contribution in [0.25, 0.3) is 5.57 Å². The molecule has 20 heavy (non-hydrogen) atoms. The highest BCUT2D eigenvalue weighted by Crippen LogP contribution is 2.16. The molecule has 3 nitrogen and oxygen atoms in total. The number of amides is 1. The van der Waals surface area contributed by atoms with Crippen molar-refractivity contribution in [1.29, 1.82) is 5.26 Å². The third-order valence-corrected chi connectivity index (χ3v) is 2.88. The van der Waals surface area contributed by atoms with Gasteiger partial charge >= 0.3 is 0 Å². The first kappa shape index (κ1) is 13.6. The molecule has 0 radical (unpaired) electrons. The molecule has 0 saturated heterocycles. The van der Waals surface area contributed by atoms with Crippen LogP contribution in [-0.4, -0.2) is 5.91 Å². The van der Waals surface area contributed by atoms with E-state index in [0.717, 1.165) is 11.1 Å². The largest absolute Gasteiger partial charge is 0.321 e. The van der Waals surface area contributed by atoms with Gasteiger partial charge in [0.1, 0.15) is 6.07 Å². The first-order valence-electron chi connectivity index (χ1n) is 6.24. The molecule has 2 aromatic rings. The fourth-order valence-corrected chi connectivity index (χ4v) is 1.84. The van der Waals surface area contributed by atoms with Crippen molar-refractivity contribution in [1.82, 2.24) is 0 Å². The van der Waals surface area contributed by atoms with E-state index in [4.69, 9.17) is 5.26 Å². The summed E-state index contributed by atoms with van der Waals surface area (Å²) in [7, 11) is 0. The van der Waals surface area contributed by atoms with Gasteiger partial charge in [-0.2, -0.15) is 5.26 Å². The maximum Gasteiger partial charge on any atom is 0.248 e. The van der Waals surface area contributed by atoms with Crippen molar-refractivity contribution in [2.75, 3.05) is 5.32 Å². The fraction of sp³-hybridized carbons (Fsp3) is 0.0588. The number of hydrogen-bond donors (Lipinski definition) is 1. The number of carbonyl (C=O) groups excluding carboxylic acids is 1. The summed E-state index contributed by atoms with van der Waals surface area (Å²) in [5, 5.41) is 11.7. The second-order valence-corrected chi connectivity index (χ2v) is 4.34. The summed E-state index contributed by atoms with van der Waals surface area (Å²) < 4.78 is 0. The molecule has 0 atom stereocenters. The first-order valence-corrected chi connectivity index (χ1v) is 6.24. The van der Waals surface area contributed by atoms with Gasteiger partial charge in [0, 0.05) is 6.08 Å². The van der Waals surface area contributed by atoms with E-state index in [-0.39, 0.29) is 5.91 Å². The molecule has 0 bridgehead atoms. The predicted octanol–water partition coefficient (Wildman–Crippen LogP) is 3.60. The van der Waals surface area contributed by atoms with Gasteiger partial charge in [0.2, 0.25) is 5.91 Å². The Morgan fingerprint density at radius 2 is 1.75 bits per heavy atom. The number of hydrogen-bond acceptors (Lipinski definition) is 2. The number of carbonyl (C=O) groups is 1. The van der Waals surface area contributed by atoms with E-state index < -0.39 is 0 Å². The molecule has 1 N–H and O–H groups in total. The zero-order chi connectivity index (χ0) is 14.4.